The van der Waals surface area contributed by atoms with E-state index < -0.39 is 5.60 Å². The van der Waals surface area contributed by atoms with Gasteiger partial charge in [-0.3, -0.25) is 4.79 Å². The van der Waals surface area contributed by atoms with Crippen LogP contribution in [0.1, 0.15) is 33.1 Å². The molecule has 5 heteroatoms. The molecule has 22 heavy (non-hydrogen) atoms. The second kappa shape index (κ2) is 7.57. The Morgan fingerprint density at radius 1 is 1.27 bits per heavy atom. The van der Waals surface area contributed by atoms with E-state index in [2.05, 4.69) is 13.8 Å². The predicted octanol–water partition coefficient (Wildman–Crippen LogP) is 2.01. The summed E-state index contributed by atoms with van der Waals surface area (Å²) in [6.07, 6.45) is 6.51. The van der Waals surface area contributed by atoms with Gasteiger partial charge in [0, 0.05) is 14.2 Å². The van der Waals surface area contributed by atoms with E-state index in [-0.39, 0.29) is 18.0 Å². The van der Waals surface area contributed by atoms with Crippen LogP contribution in [0.15, 0.2) is 12.2 Å². The highest BCUT2D eigenvalue weighted by atomic mass is 16.5. The van der Waals surface area contributed by atoms with Crippen LogP contribution >= 0.6 is 0 Å². The van der Waals surface area contributed by atoms with Crippen LogP contribution in [-0.4, -0.2) is 62.5 Å². The lowest BCUT2D eigenvalue weighted by molar-refractivity contribution is -0.156. The van der Waals surface area contributed by atoms with E-state index in [4.69, 9.17) is 14.2 Å². The number of rotatable bonds is 7. The van der Waals surface area contributed by atoms with E-state index in [1.54, 1.807) is 14.2 Å². The third kappa shape index (κ3) is 3.53. The summed E-state index contributed by atoms with van der Waals surface area (Å²) < 4.78 is 16.5. The topological polar surface area (TPSA) is 48.0 Å². The molecular formula is C17H29NO4. The first-order chi connectivity index (χ1) is 10.5. The van der Waals surface area contributed by atoms with Crippen molar-refractivity contribution in [2.75, 3.05) is 34.0 Å². The Bertz CT molecular complexity index is 395. The van der Waals surface area contributed by atoms with Crippen molar-refractivity contribution in [3.05, 3.63) is 12.2 Å². The number of carbonyl (C=O) groups is 1. The van der Waals surface area contributed by atoms with E-state index in [9.17, 15) is 4.79 Å². The molecule has 0 saturated carbocycles. The van der Waals surface area contributed by atoms with Crippen LogP contribution in [0.3, 0.4) is 0 Å². The summed E-state index contributed by atoms with van der Waals surface area (Å²) in [6, 6.07) is 0.221. The summed E-state index contributed by atoms with van der Waals surface area (Å²) in [4.78, 5) is 15.3. The summed E-state index contributed by atoms with van der Waals surface area (Å²) in [7, 11) is 3.37. The smallest absolute Gasteiger partial charge is 0.259 e. The van der Waals surface area contributed by atoms with Gasteiger partial charge in [0.15, 0.2) is 5.60 Å². The van der Waals surface area contributed by atoms with Crippen LogP contribution in [0.25, 0.3) is 0 Å². The van der Waals surface area contributed by atoms with Gasteiger partial charge in [0.25, 0.3) is 5.91 Å². The number of nitrogens with zero attached hydrogens (tertiary/aromatic N) is 1. The Kier molecular flexibility index (Phi) is 6.01. The maximum Gasteiger partial charge on any atom is 0.259 e. The van der Waals surface area contributed by atoms with Crippen molar-refractivity contribution < 1.29 is 19.0 Å². The lowest BCUT2D eigenvalue weighted by atomic mass is 9.90. The lowest BCUT2D eigenvalue weighted by Crippen LogP contribution is -2.55. The van der Waals surface area contributed by atoms with Crippen molar-refractivity contribution in [1.29, 1.82) is 0 Å². The third-order valence-corrected chi connectivity index (χ3v) is 4.47. The Hall–Kier alpha value is -0.910. The van der Waals surface area contributed by atoms with Crippen molar-refractivity contribution >= 4 is 5.91 Å². The molecule has 0 unspecified atom stereocenters. The Morgan fingerprint density at radius 3 is 2.27 bits per heavy atom. The molecule has 1 fully saturated rings. The molecule has 2 aliphatic heterocycles. The minimum Gasteiger partial charge on any atom is -0.383 e. The molecule has 5 nitrogen and oxygen atoms in total. The SMILES string of the molecule is COC[C@@H]1CC[C@@H](COC)N1C(=O)[C@]1(CC(C)C)C=CCO1. The van der Waals surface area contributed by atoms with Gasteiger partial charge in [0.1, 0.15) is 0 Å². The fourth-order valence-electron chi connectivity index (χ4n) is 3.66. The fourth-order valence-corrected chi connectivity index (χ4v) is 3.66. The Balaban J connectivity index is 2.23. The molecule has 1 saturated heterocycles. The van der Waals surface area contributed by atoms with Crippen molar-refractivity contribution in [2.45, 2.75) is 50.8 Å². The largest absolute Gasteiger partial charge is 0.383 e. The van der Waals surface area contributed by atoms with Crippen LogP contribution < -0.4 is 0 Å². The fraction of sp³-hybridized carbons (Fsp3) is 0.824. The summed E-state index contributed by atoms with van der Waals surface area (Å²) in [6.45, 7) is 5.87. The lowest BCUT2D eigenvalue weighted by Gasteiger charge is -2.37. The number of hydrogen-bond donors (Lipinski definition) is 0. The van der Waals surface area contributed by atoms with Crippen molar-refractivity contribution in [3.63, 3.8) is 0 Å². The second-order valence-electron chi connectivity index (χ2n) is 6.71. The zero-order valence-corrected chi connectivity index (χ0v) is 14.2. The highest BCUT2D eigenvalue weighted by Crippen LogP contribution is 2.34. The van der Waals surface area contributed by atoms with Crippen molar-refractivity contribution in [1.82, 2.24) is 4.90 Å². The summed E-state index contributed by atoms with van der Waals surface area (Å²) in [5, 5.41) is 0. The molecule has 2 aliphatic rings. The summed E-state index contributed by atoms with van der Waals surface area (Å²) in [5.41, 5.74) is -0.809. The molecular weight excluding hydrogens is 282 g/mol. The van der Waals surface area contributed by atoms with Crippen molar-refractivity contribution in [2.24, 2.45) is 5.92 Å². The van der Waals surface area contributed by atoms with Gasteiger partial charge in [0.2, 0.25) is 0 Å². The zero-order valence-electron chi connectivity index (χ0n) is 14.2. The Labute approximate surface area is 133 Å². The van der Waals surface area contributed by atoms with E-state index >= 15 is 0 Å². The summed E-state index contributed by atoms with van der Waals surface area (Å²) >= 11 is 0. The molecule has 2 rings (SSSR count). The van der Waals surface area contributed by atoms with Gasteiger partial charge < -0.3 is 19.1 Å². The van der Waals surface area contributed by atoms with E-state index in [1.807, 2.05) is 17.1 Å². The van der Waals surface area contributed by atoms with Gasteiger partial charge in [-0.25, -0.2) is 0 Å². The monoisotopic (exact) mass is 311 g/mol. The highest BCUT2D eigenvalue weighted by molar-refractivity contribution is 5.88. The third-order valence-electron chi connectivity index (χ3n) is 4.47. The second-order valence-corrected chi connectivity index (χ2v) is 6.71. The molecule has 0 aromatic heterocycles. The van der Waals surface area contributed by atoms with Crippen LogP contribution in [0, 0.1) is 5.92 Å². The Morgan fingerprint density at radius 2 is 1.86 bits per heavy atom. The molecule has 0 radical (unpaired) electrons. The van der Waals surface area contributed by atoms with E-state index in [0.717, 1.165) is 12.8 Å². The predicted molar refractivity (Wildman–Crippen MR) is 84.7 cm³/mol. The van der Waals surface area contributed by atoms with Gasteiger partial charge in [-0.15, -0.1) is 0 Å². The number of methoxy groups -OCH3 is 2. The first-order valence-electron chi connectivity index (χ1n) is 8.16. The van der Waals surface area contributed by atoms with Crippen LogP contribution in [0.5, 0.6) is 0 Å². The molecule has 0 aromatic rings. The number of ether oxygens (including phenoxy) is 3. The number of hydrogen-bond acceptors (Lipinski definition) is 4. The molecule has 0 aliphatic carbocycles. The maximum atomic E-state index is 13.3. The zero-order chi connectivity index (χ0) is 16.2. The first-order valence-corrected chi connectivity index (χ1v) is 8.16. The van der Waals surface area contributed by atoms with Crippen LogP contribution in [0.2, 0.25) is 0 Å². The van der Waals surface area contributed by atoms with E-state index in [0.29, 0.717) is 32.2 Å². The van der Waals surface area contributed by atoms with Gasteiger partial charge >= 0.3 is 0 Å². The summed E-state index contributed by atoms with van der Waals surface area (Å²) in [5.74, 6) is 0.451. The standard InChI is InChI=1S/C17H29NO4/c1-13(2)10-17(8-5-9-22-17)16(19)18-14(11-20-3)6-7-15(18)12-21-4/h5,8,13-15H,6-7,9-12H2,1-4H3/t14-,15-,17+/m0/s1. The molecule has 0 spiro atoms. The first kappa shape index (κ1) is 17.4. The molecule has 0 N–H and O–H groups in total. The van der Waals surface area contributed by atoms with Gasteiger partial charge in [-0.05, 0) is 31.3 Å². The number of carbonyl (C=O) groups excluding carboxylic acids is 1. The molecule has 0 aromatic carbocycles. The molecule has 2 heterocycles. The average Bonchev–Trinajstić information content (AvgIpc) is 3.07. The van der Waals surface area contributed by atoms with Crippen molar-refractivity contribution in [3.8, 4) is 0 Å². The van der Waals surface area contributed by atoms with Gasteiger partial charge in [-0.2, -0.15) is 0 Å². The molecule has 0 bridgehead atoms. The van der Waals surface area contributed by atoms with Gasteiger partial charge in [-0.1, -0.05) is 19.9 Å². The minimum atomic E-state index is -0.809. The van der Waals surface area contributed by atoms with Crippen LogP contribution in [-0.2, 0) is 19.0 Å². The quantitative estimate of drug-likeness (QED) is 0.675. The van der Waals surface area contributed by atoms with Crippen LogP contribution in [0.4, 0.5) is 0 Å². The number of amides is 1. The highest BCUT2D eigenvalue weighted by Gasteiger charge is 2.48. The maximum absolute atomic E-state index is 13.3. The molecule has 3 atom stereocenters. The van der Waals surface area contributed by atoms with Gasteiger partial charge in [0.05, 0.1) is 31.9 Å². The molecule has 1 amide bonds. The average molecular weight is 311 g/mol. The van der Waals surface area contributed by atoms with E-state index in [1.165, 1.54) is 0 Å². The minimum absolute atomic E-state index is 0.0663. The molecule has 126 valence electrons. The normalized spacial score (nSPS) is 31.4. The number of likely N-dealkylation sites (tertiary alicyclic amines) is 1.